The molecule has 0 amide bonds. The van der Waals surface area contributed by atoms with Crippen molar-refractivity contribution in [3.8, 4) is 0 Å². The fourth-order valence-corrected chi connectivity index (χ4v) is 2.55. The Labute approximate surface area is 110 Å². The van der Waals surface area contributed by atoms with Crippen LogP contribution in [0.15, 0.2) is 23.1 Å². The highest BCUT2D eigenvalue weighted by Gasteiger charge is 2.18. The maximum atomic E-state index is 11.0. The number of aliphatic hydroxyl groups is 2. The normalized spacial score (nSPS) is 14.2. The van der Waals surface area contributed by atoms with Crippen molar-refractivity contribution in [2.45, 2.75) is 36.5 Å². The minimum atomic E-state index is -0.724. The van der Waals surface area contributed by atoms with Gasteiger partial charge in [0.25, 0.3) is 5.69 Å². The zero-order valence-electron chi connectivity index (χ0n) is 10.4. The van der Waals surface area contributed by atoms with Crippen molar-refractivity contribution in [1.29, 1.82) is 0 Å². The zero-order valence-corrected chi connectivity index (χ0v) is 11.2. The van der Waals surface area contributed by atoms with E-state index < -0.39 is 11.0 Å². The molecule has 0 aromatic heterocycles. The van der Waals surface area contributed by atoms with Gasteiger partial charge in [-0.25, -0.2) is 0 Å². The minimum Gasteiger partial charge on any atom is -0.396 e. The lowest BCUT2D eigenvalue weighted by Crippen LogP contribution is -2.01. The van der Waals surface area contributed by atoms with E-state index >= 15 is 0 Å². The maximum absolute atomic E-state index is 11.0. The number of aliphatic hydroxyl groups excluding tert-OH is 2. The van der Waals surface area contributed by atoms with Crippen LogP contribution >= 0.6 is 11.8 Å². The first kappa shape index (κ1) is 14.9. The summed E-state index contributed by atoms with van der Waals surface area (Å²) in [5.41, 5.74) is 0.532. The molecule has 0 bridgehead atoms. The molecule has 1 aromatic carbocycles. The maximum Gasteiger partial charge on any atom is 0.283 e. The summed E-state index contributed by atoms with van der Waals surface area (Å²) in [6.45, 7) is 3.54. The Balaban J connectivity index is 3.00. The van der Waals surface area contributed by atoms with Crippen LogP contribution in [0.1, 0.15) is 31.9 Å². The minimum absolute atomic E-state index is 0.00295. The fraction of sp³-hybridized carbons (Fsp3) is 0.500. The molecule has 0 aliphatic carbocycles. The van der Waals surface area contributed by atoms with Crippen LogP contribution in [0.5, 0.6) is 0 Å². The van der Waals surface area contributed by atoms with Crippen LogP contribution in [-0.4, -0.2) is 27.0 Å². The van der Waals surface area contributed by atoms with Gasteiger partial charge in [0.15, 0.2) is 0 Å². The van der Waals surface area contributed by atoms with Gasteiger partial charge >= 0.3 is 0 Å². The van der Waals surface area contributed by atoms with Crippen molar-refractivity contribution in [3.05, 3.63) is 33.9 Å². The molecule has 18 heavy (non-hydrogen) atoms. The molecule has 0 saturated carbocycles. The Hall–Kier alpha value is -1.11. The molecule has 0 fully saturated rings. The van der Waals surface area contributed by atoms with Crippen molar-refractivity contribution in [2.24, 2.45) is 0 Å². The smallest absolute Gasteiger partial charge is 0.283 e. The summed E-state index contributed by atoms with van der Waals surface area (Å²) in [7, 11) is 0. The summed E-state index contributed by atoms with van der Waals surface area (Å²) < 4.78 is 0. The Kier molecular flexibility index (Phi) is 5.58. The van der Waals surface area contributed by atoms with Crippen molar-refractivity contribution in [2.75, 3.05) is 6.61 Å². The third kappa shape index (κ3) is 3.97. The molecule has 5 nitrogen and oxygen atoms in total. The quantitative estimate of drug-likeness (QED) is 0.472. The van der Waals surface area contributed by atoms with Crippen LogP contribution in [-0.2, 0) is 0 Å². The second kappa shape index (κ2) is 6.72. The zero-order chi connectivity index (χ0) is 13.7. The van der Waals surface area contributed by atoms with Crippen LogP contribution in [0.2, 0.25) is 0 Å². The molecule has 0 aliphatic heterocycles. The highest BCUT2D eigenvalue weighted by molar-refractivity contribution is 8.00. The van der Waals surface area contributed by atoms with Crippen molar-refractivity contribution in [3.63, 3.8) is 0 Å². The van der Waals surface area contributed by atoms with E-state index in [2.05, 4.69) is 0 Å². The number of nitro benzene ring substituents is 1. The van der Waals surface area contributed by atoms with Gasteiger partial charge in [0.1, 0.15) is 0 Å². The van der Waals surface area contributed by atoms with E-state index in [0.717, 1.165) is 0 Å². The average molecular weight is 271 g/mol. The second-order valence-electron chi connectivity index (χ2n) is 4.10. The Morgan fingerprint density at radius 2 is 2.11 bits per heavy atom. The monoisotopic (exact) mass is 271 g/mol. The largest absolute Gasteiger partial charge is 0.396 e. The number of nitrogens with zero attached hydrogens (tertiary/aromatic N) is 1. The van der Waals surface area contributed by atoms with E-state index in [0.29, 0.717) is 16.9 Å². The standard InChI is InChI=1S/C12H17NO4S/c1-8(5-6-14)18-12-4-3-10(9(2)15)7-11(12)13(16)17/h3-4,7-9,14-15H,5-6H2,1-2H3. The van der Waals surface area contributed by atoms with Crippen LogP contribution < -0.4 is 0 Å². The fourth-order valence-electron chi connectivity index (χ4n) is 1.49. The van der Waals surface area contributed by atoms with E-state index in [9.17, 15) is 15.2 Å². The second-order valence-corrected chi connectivity index (χ2v) is 5.58. The summed E-state index contributed by atoms with van der Waals surface area (Å²) >= 11 is 1.36. The van der Waals surface area contributed by atoms with Gasteiger partial charge in [0, 0.05) is 17.9 Å². The predicted octanol–water partition coefficient (Wildman–Crippen LogP) is 2.51. The van der Waals surface area contributed by atoms with Gasteiger partial charge in [-0.3, -0.25) is 10.1 Å². The first-order chi connectivity index (χ1) is 8.45. The van der Waals surface area contributed by atoms with Gasteiger partial charge in [0.2, 0.25) is 0 Å². The molecular formula is C12H17NO4S. The lowest BCUT2D eigenvalue weighted by molar-refractivity contribution is -0.387. The molecule has 1 aromatic rings. The van der Waals surface area contributed by atoms with Gasteiger partial charge in [0.05, 0.1) is 15.9 Å². The van der Waals surface area contributed by atoms with E-state index in [4.69, 9.17) is 5.11 Å². The number of benzene rings is 1. The summed E-state index contributed by atoms with van der Waals surface area (Å²) in [5, 5.41) is 29.4. The number of nitro groups is 1. The molecule has 0 saturated heterocycles. The van der Waals surface area contributed by atoms with Gasteiger partial charge in [-0.1, -0.05) is 13.0 Å². The highest BCUT2D eigenvalue weighted by atomic mass is 32.2. The van der Waals surface area contributed by atoms with E-state index in [1.807, 2.05) is 6.92 Å². The van der Waals surface area contributed by atoms with E-state index in [1.165, 1.54) is 17.8 Å². The number of thioether (sulfide) groups is 1. The summed E-state index contributed by atoms with van der Waals surface area (Å²) in [6, 6.07) is 4.74. The predicted molar refractivity (Wildman–Crippen MR) is 70.8 cm³/mol. The van der Waals surface area contributed by atoms with E-state index in [1.54, 1.807) is 19.1 Å². The number of rotatable bonds is 6. The topological polar surface area (TPSA) is 83.6 Å². The van der Waals surface area contributed by atoms with Crippen LogP contribution in [0, 0.1) is 10.1 Å². The third-order valence-corrected chi connectivity index (χ3v) is 3.76. The molecule has 6 heteroatoms. The summed E-state index contributed by atoms with van der Waals surface area (Å²) in [4.78, 5) is 11.1. The number of hydrogen-bond acceptors (Lipinski definition) is 5. The Morgan fingerprint density at radius 1 is 1.44 bits per heavy atom. The van der Waals surface area contributed by atoms with E-state index in [-0.39, 0.29) is 17.5 Å². The number of hydrogen-bond donors (Lipinski definition) is 2. The van der Waals surface area contributed by atoms with Crippen LogP contribution in [0.25, 0.3) is 0 Å². The summed E-state index contributed by atoms with van der Waals surface area (Å²) in [5.74, 6) is 0. The average Bonchev–Trinajstić information content (AvgIpc) is 2.29. The lowest BCUT2D eigenvalue weighted by atomic mass is 10.1. The van der Waals surface area contributed by atoms with Crippen LogP contribution in [0.4, 0.5) is 5.69 Å². The van der Waals surface area contributed by atoms with Crippen LogP contribution in [0.3, 0.4) is 0 Å². The van der Waals surface area contributed by atoms with Crippen molar-refractivity contribution >= 4 is 17.4 Å². The molecular weight excluding hydrogens is 254 g/mol. The first-order valence-corrected chi connectivity index (χ1v) is 6.57. The first-order valence-electron chi connectivity index (χ1n) is 5.69. The molecule has 2 atom stereocenters. The van der Waals surface area contributed by atoms with Gasteiger partial charge < -0.3 is 10.2 Å². The molecule has 2 N–H and O–H groups in total. The Morgan fingerprint density at radius 3 is 2.61 bits per heavy atom. The van der Waals surface area contributed by atoms with Crippen molar-refractivity contribution in [1.82, 2.24) is 0 Å². The molecule has 0 radical (unpaired) electrons. The molecule has 1 rings (SSSR count). The SMILES string of the molecule is CC(CCO)Sc1ccc(C(C)O)cc1[N+](=O)[O-]. The summed E-state index contributed by atoms with van der Waals surface area (Å²) in [6.07, 6.45) is -0.141. The molecule has 100 valence electrons. The molecule has 2 unspecified atom stereocenters. The lowest BCUT2D eigenvalue weighted by Gasteiger charge is -2.11. The highest BCUT2D eigenvalue weighted by Crippen LogP contribution is 2.34. The van der Waals surface area contributed by atoms with Gasteiger partial charge in [-0.05, 0) is 25.0 Å². The molecule has 0 spiro atoms. The molecule has 0 aliphatic rings. The third-order valence-electron chi connectivity index (χ3n) is 2.53. The Bertz CT molecular complexity index is 423. The van der Waals surface area contributed by atoms with Crippen molar-refractivity contribution < 1.29 is 15.1 Å². The molecule has 0 heterocycles. The van der Waals surface area contributed by atoms with Gasteiger partial charge in [-0.15, -0.1) is 11.8 Å². The van der Waals surface area contributed by atoms with Gasteiger partial charge in [-0.2, -0.15) is 0 Å².